The van der Waals surface area contributed by atoms with Crippen LogP contribution in [-0.4, -0.2) is 34.2 Å². The van der Waals surface area contributed by atoms with Gasteiger partial charge in [0.05, 0.1) is 11.8 Å². The van der Waals surface area contributed by atoms with Crippen LogP contribution >= 0.6 is 11.6 Å². The van der Waals surface area contributed by atoms with E-state index in [2.05, 4.69) is 10.4 Å². The van der Waals surface area contributed by atoms with Gasteiger partial charge in [-0.25, -0.2) is 0 Å². The molecule has 6 heteroatoms. The van der Waals surface area contributed by atoms with Crippen molar-refractivity contribution in [1.29, 1.82) is 0 Å². The molecule has 2 aromatic rings. The molecule has 2 rings (SSSR count). The Labute approximate surface area is 135 Å². The number of hydrogen-bond acceptors (Lipinski definition) is 3. The van der Waals surface area contributed by atoms with Crippen molar-refractivity contribution in [2.75, 3.05) is 18.9 Å². The summed E-state index contributed by atoms with van der Waals surface area (Å²) >= 11 is 6.04. The van der Waals surface area contributed by atoms with Crippen molar-refractivity contribution in [1.82, 2.24) is 14.7 Å². The summed E-state index contributed by atoms with van der Waals surface area (Å²) in [5, 5.41) is 7.84. The SMILES string of the molecule is CCN(Cc1cnn(CC)c1)C(=O)c1cc(Cl)ccc1NC. The first-order chi connectivity index (χ1) is 10.6. The van der Waals surface area contributed by atoms with E-state index >= 15 is 0 Å². The van der Waals surface area contributed by atoms with Gasteiger partial charge in [-0.1, -0.05) is 11.6 Å². The zero-order valence-corrected chi connectivity index (χ0v) is 13.9. The molecule has 0 aliphatic rings. The van der Waals surface area contributed by atoms with Crippen LogP contribution in [0.4, 0.5) is 5.69 Å². The number of halogens is 1. The molecule has 0 fully saturated rings. The maximum atomic E-state index is 12.8. The normalized spacial score (nSPS) is 10.5. The minimum atomic E-state index is -0.0430. The number of rotatable bonds is 6. The van der Waals surface area contributed by atoms with Crippen LogP contribution in [0.3, 0.4) is 0 Å². The van der Waals surface area contributed by atoms with Crippen molar-refractivity contribution in [2.45, 2.75) is 26.9 Å². The Morgan fingerprint density at radius 3 is 2.77 bits per heavy atom. The Balaban J connectivity index is 2.23. The zero-order chi connectivity index (χ0) is 16.1. The van der Waals surface area contributed by atoms with Gasteiger partial charge in [0.2, 0.25) is 0 Å². The standard InChI is InChI=1S/C16H21ClN4O/c1-4-20(10-12-9-19-21(5-2)11-12)16(22)14-8-13(17)6-7-15(14)18-3/h6-9,11,18H,4-5,10H2,1-3H3. The van der Waals surface area contributed by atoms with E-state index in [0.29, 0.717) is 23.7 Å². The highest BCUT2D eigenvalue weighted by molar-refractivity contribution is 6.31. The Kier molecular flexibility index (Phi) is 5.44. The summed E-state index contributed by atoms with van der Waals surface area (Å²) in [4.78, 5) is 14.6. The summed E-state index contributed by atoms with van der Waals surface area (Å²) in [5.41, 5.74) is 2.38. The smallest absolute Gasteiger partial charge is 0.256 e. The van der Waals surface area contributed by atoms with Gasteiger partial charge in [-0.3, -0.25) is 9.48 Å². The molecular weight excluding hydrogens is 300 g/mol. The lowest BCUT2D eigenvalue weighted by Crippen LogP contribution is -2.30. The van der Waals surface area contributed by atoms with Crippen LogP contribution in [0.25, 0.3) is 0 Å². The van der Waals surface area contributed by atoms with Crippen LogP contribution in [0.1, 0.15) is 29.8 Å². The second-order valence-corrected chi connectivity index (χ2v) is 5.40. The number of benzene rings is 1. The maximum absolute atomic E-state index is 12.8. The number of amides is 1. The molecule has 0 aliphatic carbocycles. The van der Waals surface area contributed by atoms with Crippen LogP contribution in [0, 0.1) is 0 Å². The maximum Gasteiger partial charge on any atom is 0.256 e. The predicted octanol–water partition coefficient (Wildman–Crippen LogP) is 3.26. The first kappa shape index (κ1) is 16.4. The van der Waals surface area contributed by atoms with Crippen molar-refractivity contribution >= 4 is 23.2 Å². The van der Waals surface area contributed by atoms with Crippen molar-refractivity contribution in [2.24, 2.45) is 0 Å². The molecule has 0 spiro atoms. The van der Waals surface area contributed by atoms with Gasteiger partial charge in [0.1, 0.15) is 0 Å². The number of anilines is 1. The minimum absolute atomic E-state index is 0.0430. The third-order valence-corrected chi connectivity index (χ3v) is 3.77. The number of nitrogens with one attached hydrogen (secondary N) is 1. The molecule has 0 saturated heterocycles. The van der Waals surface area contributed by atoms with E-state index in [-0.39, 0.29) is 5.91 Å². The molecule has 0 bridgehead atoms. The van der Waals surface area contributed by atoms with Crippen molar-refractivity contribution in [3.05, 3.63) is 46.7 Å². The molecule has 118 valence electrons. The molecule has 0 unspecified atom stereocenters. The first-order valence-corrected chi connectivity index (χ1v) is 7.74. The van der Waals surface area contributed by atoms with E-state index in [1.807, 2.05) is 30.8 Å². The monoisotopic (exact) mass is 320 g/mol. The minimum Gasteiger partial charge on any atom is -0.387 e. The second kappa shape index (κ2) is 7.31. The molecule has 1 aromatic heterocycles. The average Bonchev–Trinajstić information content (AvgIpc) is 2.99. The van der Waals surface area contributed by atoms with Gasteiger partial charge in [0.25, 0.3) is 5.91 Å². The van der Waals surface area contributed by atoms with Crippen LogP contribution < -0.4 is 5.32 Å². The van der Waals surface area contributed by atoms with Gasteiger partial charge >= 0.3 is 0 Å². The molecule has 22 heavy (non-hydrogen) atoms. The van der Waals surface area contributed by atoms with Crippen molar-refractivity contribution in [3.8, 4) is 0 Å². The summed E-state index contributed by atoms with van der Waals surface area (Å²) in [6, 6.07) is 5.29. The highest BCUT2D eigenvalue weighted by Gasteiger charge is 2.18. The molecule has 1 aromatic carbocycles. The summed E-state index contributed by atoms with van der Waals surface area (Å²) in [6.45, 7) is 5.96. The van der Waals surface area contributed by atoms with Gasteiger partial charge < -0.3 is 10.2 Å². The molecule has 1 heterocycles. The third-order valence-electron chi connectivity index (χ3n) is 3.53. The molecule has 5 nitrogen and oxygen atoms in total. The fraction of sp³-hybridized carbons (Fsp3) is 0.375. The van der Waals surface area contributed by atoms with Crippen molar-refractivity contribution < 1.29 is 4.79 Å². The molecule has 1 N–H and O–H groups in total. The molecule has 0 atom stereocenters. The topological polar surface area (TPSA) is 50.2 Å². The number of carbonyl (C=O) groups excluding carboxylic acids is 1. The van der Waals surface area contributed by atoms with Gasteiger partial charge in [0.15, 0.2) is 0 Å². The van der Waals surface area contributed by atoms with Crippen LogP contribution in [0.5, 0.6) is 0 Å². The van der Waals surface area contributed by atoms with Gasteiger partial charge in [-0.05, 0) is 32.0 Å². The number of hydrogen-bond donors (Lipinski definition) is 1. The lowest BCUT2D eigenvalue weighted by Gasteiger charge is -2.21. The lowest BCUT2D eigenvalue weighted by molar-refractivity contribution is 0.0753. The lowest BCUT2D eigenvalue weighted by atomic mass is 10.1. The zero-order valence-electron chi connectivity index (χ0n) is 13.1. The van der Waals surface area contributed by atoms with E-state index in [0.717, 1.165) is 17.8 Å². The highest BCUT2D eigenvalue weighted by Crippen LogP contribution is 2.22. The summed E-state index contributed by atoms with van der Waals surface area (Å²) in [7, 11) is 1.79. The summed E-state index contributed by atoms with van der Waals surface area (Å²) < 4.78 is 1.85. The average molecular weight is 321 g/mol. The van der Waals surface area contributed by atoms with E-state index in [1.165, 1.54) is 0 Å². The molecule has 0 radical (unpaired) electrons. The number of nitrogens with zero attached hydrogens (tertiary/aromatic N) is 3. The summed E-state index contributed by atoms with van der Waals surface area (Å²) in [5.74, 6) is -0.0430. The number of aromatic nitrogens is 2. The molecule has 0 aliphatic heterocycles. The Morgan fingerprint density at radius 1 is 1.41 bits per heavy atom. The fourth-order valence-electron chi connectivity index (χ4n) is 2.29. The second-order valence-electron chi connectivity index (χ2n) is 4.96. The first-order valence-electron chi connectivity index (χ1n) is 7.36. The van der Waals surface area contributed by atoms with E-state index in [1.54, 1.807) is 30.3 Å². The number of carbonyl (C=O) groups is 1. The van der Waals surface area contributed by atoms with E-state index < -0.39 is 0 Å². The van der Waals surface area contributed by atoms with Crippen molar-refractivity contribution in [3.63, 3.8) is 0 Å². The van der Waals surface area contributed by atoms with Gasteiger partial charge in [-0.2, -0.15) is 5.10 Å². The predicted molar refractivity (Wildman–Crippen MR) is 89.3 cm³/mol. The molecule has 0 saturated carbocycles. The van der Waals surface area contributed by atoms with E-state index in [4.69, 9.17) is 11.6 Å². The Bertz CT molecular complexity index is 653. The van der Waals surface area contributed by atoms with Crippen LogP contribution in [0.15, 0.2) is 30.6 Å². The Hall–Kier alpha value is -2.01. The molecule has 1 amide bonds. The quantitative estimate of drug-likeness (QED) is 0.888. The third kappa shape index (κ3) is 3.60. The number of aryl methyl sites for hydroxylation is 1. The Morgan fingerprint density at radius 2 is 2.18 bits per heavy atom. The van der Waals surface area contributed by atoms with Crippen LogP contribution in [-0.2, 0) is 13.1 Å². The van der Waals surface area contributed by atoms with Gasteiger partial charge in [0, 0.05) is 49.2 Å². The van der Waals surface area contributed by atoms with Gasteiger partial charge in [-0.15, -0.1) is 0 Å². The van der Waals surface area contributed by atoms with E-state index in [9.17, 15) is 4.79 Å². The molecular formula is C16H21ClN4O. The highest BCUT2D eigenvalue weighted by atomic mass is 35.5. The summed E-state index contributed by atoms with van der Waals surface area (Å²) in [6.07, 6.45) is 3.77. The van der Waals surface area contributed by atoms with Crippen LogP contribution in [0.2, 0.25) is 5.02 Å². The largest absolute Gasteiger partial charge is 0.387 e. The fourth-order valence-corrected chi connectivity index (χ4v) is 2.46.